The SMILES string of the molecule is COC(=O)c1ccc(COC(=O)c2ccc(C(F)(F)F)cc2)cc1. The summed E-state index contributed by atoms with van der Waals surface area (Å²) in [5.74, 6) is -1.22. The minimum Gasteiger partial charge on any atom is -0.465 e. The van der Waals surface area contributed by atoms with Crippen LogP contribution in [0, 0.1) is 0 Å². The van der Waals surface area contributed by atoms with E-state index in [0.717, 1.165) is 24.3 Å². The molecule has 0 aromatic heterocycles. The number of benzene rings is 2. The Hall–Kier alpha value is -2.83. The fourth-order valence-electron chi connectivity index (χ4n) is 1.88. The zero-order valence-corrected chi connectivity index (χ0v) is 12.6. The molecule has 0 saturated heterocycles. The Morgan fingerprint density at radius 3 is 1.88 bits per heavy atom. The zero-order chi connectivity index (χ0) is 17.7. The first kappa shape index (κ1) is 17.5. The topological polar surface area (TPSA) is 52.6 Å². The van der Waals surface area contributed by atoms with Gasteiger partial charge in [-0.2, -0.15) is 13.2 Å². The highest BCUT2D eigenvalue weighted by atomic mass is 19.4. The molecule has 0 radical (unpaired) electrons. The van der Waals surface area contributed by atoms with E-state index in [2.05, 4.69) is 4.74 Å². The lowest BCUT2D eigenvalue weighted by Crippen LogP contribution is -2.08. The van der Waals surface area contributed by atoms with Crippen LogP contribution in [-0.2, 0) is 22.3 Å². The fourth-order valence-corrected chi connectivity index (χ4v) is 1.88. The summed E-state index contributed by atoms with van der Waals surface area (Å²) >= 11 is 0. The van der Waals surface area contributed by atoms with Crippen molar-refractivity contribution in [1.29, 1.82) is 0 Å². The van der Waals surface area contributed by atoms with Gasteiger partial charge in [0.2, 0.25) is 0 Å². The van der Waals surface area contributed by atoms with Crippen molar-refractivity contribution in [2.45, 2.75) is 12.8 Å². The summed E-state index contributed by atoms with van der Waals surface area (Å²) < 4.78 is 47.0. The molecule has 4 nitrogen and oxygen atoms in total. The number of carbonyl (C=O) groups is 2. The first-order chi connectivity index (χ1) is 11.3. The third-order valence-electron chi connectivity index (χ3n) is 3.19. The average molecular weight is 338 g/mol. The highest BCUT2D eigenvalue weighted by Gasteiger charge is 2.30. The van der Waals surface area contributed by atoms with Crippen LogP contribution in [0.3, 0.4) is 0 Å². The Kier molecular flexibility index (Phi) is 5.23. The van der Waals surface area contributed by atoms with Crippen LogP contribution in [0.15, 0.2) is 48.5 Å². The van der Waals surface area contributed by atoms with E-state index < -0.39 is 23.7 Å². The van der Waals surface area contributed by atoms with Gasteiger partial charge in [-0.1, -0.05) is 12.1 Å². The number of hydrogen-bond acceptors (Lipinski definition) is 4. The second-order valence-corrected chi connectivity index (χ2v) is 4.84. The molecule has 0 N–H and O–H groups in total. The monoisotopic (exact) mass is 338 g/mol. The van der Waals surface area contributed by atoms with Gasteiger partial charge in [0.05, 0.1) is 23.8 Å². The van der Waals surface area contributed by atoms with Gasteiger partial charge in [0, 0.05) is 0 Å². The van der Waals surface area contributed by atoms with Crippen LogP contribution in [-0.4, -0.2) is 19.0 Å². The van der Waals surface area contributed by atoms with Gasteiger partial charge in [0.25, 0.3) is 0 Å². The first-order valence-corrected chi connectivity index (χ1v) is 6.83. The van der Waals surface area contributed by atoms with E-state index in [9.17, 15) is 22.8 Å². The normalized spacial score (nSPS) is 11.0. The molecule has 2 aromatic carbocycles. The van der Waals surface area contributed by atoms with E-state index in [1.807, 2.05) is 0 Å². The fraction of sp³-hybridized carbons (Fsp3) is 0.176. The molecule has 0 spiro atoms. The van der Waals surface area contributed by atoms with Gasteiger partial charge in [-0.3, -0.25) is 0 Å². The van der Waals surface area contributed by atoms with Crippen molar-refractivity contribution in [3.63, 3.8) is 0 Å². The van der Waals surface area contributed by atoms with E-state index in [1.165, 1.54) is 19.2 Å². The minimum atomic E-state index is -4.45. The largest absolute Gasteiger partial charge is 0.465 e. The molecule has 0 aliphatic carbocycles. The molecule has 0 aliphatic rings. The van der Waals surface area contributed by atoms with E-state index in [1.54, 1.807) is 12.1 Å². The molecule has 2 aromatic rings. The highest BCUT2D eigenvalue weighted by Crippen LogP contribution is 2.29. The number of alkyl halides is 3. The van der Waals surface area contributed by atoms with E-state index >= 15 is 0 Å². The number of ether oxygens (including phenoxy) is 2. The molecular formula is C17H13F3O4. The van der Waals surface area contributed by atoms with Gasteiger partial charge in [-0.05, 0) is 42.0 Å². The molecule has 2 rings (SSSR count). The third kappa shape index (κ3) is 4.34. The standard InChI is InChI=1S/C17H13F3O4/c1-23-15(21)12-4-2-11(3-5-12)10-24-16(22)13-6-8-14(9-7-13)17(18,19)20/h2-9H,10H2,1H3. The summed E-state index contributed by atoms with van der Waals surface area (Å²) in [6, 6.07) is 9.99. The molecule has 126 valence electrons. The van der Waals surface area contributed by atoms with Crippen LogP contribution in [0.4, 0.5) is 13.2 Å². The molecule has 0 heterocycles. The molecule has 0 aliphatic heterocycles. The summed E-state index contributed by atoms with van der Waals surface area (Å²) in [6.07, 6.45) is -4.45. The van der Waals surface area contributed by atoms with Gasteiger partial charge in [0.1, 0.15) is 6.61 Å². The van der Waals surface area contributed by atoms with Crippen LogP contribution >= 0.6 is 0 Å². The van der Waals surface area contributed by atoms with Gasteiger partial charge >= 0.3 is 18.1 Å². The molecular weight excluding hydrogens is 325 g/mol. The van der Waals surface area contributed by atoms with Crippen LogP contribution in [0.25, 0.3) is 0 Å². The summed E-state index contributed by atoms with van der Waals surface area (Å²) in [4.78, 5) is 23.1. The van der Waals surface area contributed by atoms with Gasteiger partial charge < -0.3 is 9.47 Å². The number of carbonyl (C=O) groups excluding carboxylic acids is 2. The van der Waals surface area contributed by atoms with Crippen LogP contribution in [0.5, 0.6) is 0 Å². The number of hydrogen-bond donors (Lipinski definition) is 0. The highest BCUT2D eigenvalue weighted by molar-refractivity contribution is 5.90. The predicted molar refractivity (Wildman–Crippen MR) is 78.3 cm³/mol. The molecule has 0 bridgehead atoms. The number of rotatable bonds is 4. The maximum Gasteiger partial charge on any atom is 0.416 e. The van der Waals surface area contributed by atoms with E-state index in [4.69, 9.17) is 4.74 Å². The molecule has 0 atom stereocenters. The van der Waals surface area contributed by atoms with Crippen molar-refractivity contribution in [2.24, 2.45) is 0 Å². The van der Waals surface area contributed by atoms with Crippen LogP contribution < -0.4 is 0 Å². The number of esters is 2. The summed E-state index contributed by atoms with van der Waals surface area (Å²) in [5, 5.41) is 0. The number of methoxy groups -OCH3 is 1. The van der Waals surface area contributed by atoms with Crippen molar-refractivity contribution in [1.82, 2.24) is 0 Å². The summed E-state index contributed by atoms with van der Waals surface area (Å²) in [7, 11) is 1.27. The van der Waals surface area contributed by atoms with Crippen LogP contribution in [0.2, 0.25) is 0 Å². The molecule has 0 unspecified atom stereocenters. The lowest BCUT2D eigenvalue weighted by atomic mass is 10.1. The summed E-state index contributed by atoms with van der Waals surface area (Å²) in [5.41, 5.74) is 0.171. The van der Waals surface area contributed by atoms with Crippen molar-refractivity contribution >= 4 is 11.9 Å². The molecule has 24 heavy (non-hydrogen) atoms. The lowest BCUT2D eigenvalue weighted by Gasteiger charge is -2.08. The second-order valence-electron chi connectivity index (χ2n) is 4.84. The van der Waals surface area contributed by atoms with Crippen LogP contribution in [0.1, 0.15) is 31.8 Å². The summed E-state index contributed by atoms with van der Waals surface area (Å²) in [6.45, 7) is -0.0681. The molecule has 0 fully saturated rings. The Morgan fingerprint density at radius 2 is 1.38 bits per heavy atom. The smallest absolute Gasteiger partial charge is 0.416 e. The molecule has 7 heteroatoms. The van der Waals surface area contributed by atoms with Gasteiger partial charge in [-0.15, -0.1) is 0 Å². The number of halogens is 3. The van der Waals surface area contributed by atoms with Crippen molar-refractivity contribution in [2.75, 3.05) is 7.11 Å². The second kappa shape index (κ2) is 7.16. The Labute approximate surface area is 135 Å². The third-order valence-corrected chi connectivity index (χ3v) is 3.19. The van der Waals surface area contributed by atoms with E-state index in [-0.39, 0.29) is 12.2 Å². The lowest BCUT2D eigenvalue weighted by molar-refractivity contribution is -0.137. The zero-order valence-electron chi connectivity index (χ0n) is 12.6. The minimum absolute atomic E-state index is 0.0224. The van der Waals surface area contributed by atoms with Gasteiger partial charge in [0.15, 0.2) is 0 Å². The molecule has 0 amide bonds. The first-order valence-electron chi connectivity index (χ1n) is 6.83. The Bertz CT molecular complexity index is 719. The Balaban J connectivity index is 1.96. The average Bonchev–Trinajstić information content (AvgIpc) is 2.58. The maximum atomic E-state index is 12.5. The quantitative estimate of drug-likeness (QED) is 0.795. The Morgan fingerprint density at radius 1 is 0.875 bits per heavy atom. The van der Waals surface area contributed by atoms with E-state index in [0.29, 0.717) is 11.1 Å². The maximum absolute atomic E-state index is 12.5. The van der Waals surface area contributed by atoms with Gasteiger partial charge in [-0.25, -0.2) is 9.59 Å². The predicted octanol–water partition coefficient (Wildman–Crippen LogP) is 3.85. The van der Waals surface area contributed by atoms with Crippen molar-refractivity contribution in [3.05, 3.63) is 70.8 Å². The van der Waals surface area contributed by atoms with Crippen molar-refractivity contribution in [3.8, 4) is 0 Å². The van der Waals surface area contributed by atoms with Crippen molar-refractivity contribution < 1.29 is 32.2 Å². The molecule has 0 saturated carbocycles.